The Bertz CT molecular complexity index is 2550. The van der Waals surface area contributed by atoms with Crippen molar-refractivity contribution >= 4 is 28.5 Å². The highest BCUT2D eigenvalue weighted by Crippen LogP contribution is 2.25. The molecule has 4 aromatic carbocycles. The molecule has 0 saturated heterocycles. The van der Waals surface area contributed by atoms with Crippen molar-refractivity contribution in [3.63, 3.8) is 0 Å². The van der Waals surface area contributed by atoms with Gasteiger partial charge in [-0.1, -0.05) is 48.6 Å². The van der Waals surface area contributed by atoms with Crippen LogP contribution in [0, 0.1) is 30.2 Å². The summed E-state index contributed by atoms with van der Waals surface area (Å²) in [6, 6.07) is 26.7. The van der Waals surface area contributed by atoms with E-state index in [2.05, 4.69) is 15.2 Å². The van der Waals surface area contributed by atoms with E-state index < -0.39 is 23.3 Å². The van der Waals surface area contributed by atoms with Crippen molar-refractivity contribution in [3.05, 3.63) is 181 Å². The van der Waals surface area contributed by atoms with Gasteiger partial charge in [-0.15, -0.1) is 11.3 Å². The Labute approximate surface area is 309 Å². The van der Waals surface area contributed by atoms with Gasteiger partial charge in [0.1, 0.15) is 33.3 Å². The molecule has 14 heteroatoms. The number of aromatic nitrogens is 5. The number of nitrogens with zero attached hydrogens (tertiary/aromatic N) is 5. The average Bonchev–Trinajstić information content (AvgIpc) is 3.56. The van der Waals surface area contributed by atoms with E-state index in [0.29, 0.717) is 17.0 Å². The molecule has 7 rings (SSSR count). The van der Waals surface area contributed by atoms with E-state index >= 15 is 0 Å². The van der Waals surface area contributed by atoms with Crippen LogP contribution in [0.25, 0.3) is 33.1 Å². The molecule has 2 N–H and O–H groups in total. The molecule has 0 fully saturated rings. The van der Waals surface area contributed by atoms with Crippen LogP contribution in [0.5, 0.6) is 0 Å². The van der Waals surface area contributed by atoms with Gasteiger partial charge in [0.05, 0.1) is 24.5 Å². The predicted octanol–water partition coefficient (Wildman–Crippen LogP) is 7.54. The van der Waals surface area contributed by atoms with Gasteiger partial charge < -0.3 is 5.73 Å². The highest BCUT2D eigenvalue weighted by atomic mass is 32.1. The van der Waals surface area contributed by atoms with Crippen molar-refractivity contribution in [2.45, 2.75) is 20.0 Å². The Morgan fingerprint density at radius 3 is 1.62 bits per heavy atom. The summed E-state index contributed by atoms with van der Waals surface area (Å²) in [5, 5.41) is 11.4. The van der Waals surface area contributed by atoms with Gasteiger partial charge in [-0.2, -0.15) is 10.2 Å². The van der Waals surface area contributed by atoms with E-state index in [4.69, 9.17) is 18.0 Å². The molecule has 266 valence electrons. The Morgan fingerprint density at radius 2 is 1.15 bits per heavy atom. The smallest absolute Gasteiger partial charge is 0.267 e. The lowest BCUT2D eigenvalue weighted by molar-refractivity contribution is 0.582. The molecule has 8 nitrogen and oxygen atoms in total. The second kappa shape index (κ2) is 16.0. The van der Waals surface area contributed by atoms with Gasteiger partial charge in [-0.05, 0) is 66.6 Å². The normalized spacial score (nSPS) is 10.8. The molecular weight excluding hydrogens is 725 g/mol. The second-order valence-corrected chi connectivity index (χ2v) is 13.1. The van der Waals surface area contributed by atoms with Crippen LogP contribution in [0.4, 0.5) is 17.6 Å². The van der Waals surface area contributed by atoms with Gasteiger partial charge >= 0.3 is 0 Å². The number of thiazole rings is 1. The quantitative estimate of drug-likeness (QED) is 0.126. The van der Waals surface area contributed by atoms with Crippen LogP contribution in [0.3, 0.4) is 0 Å². The van der Waals surface area contributed by atoms with Crippen molar-refractivity contribution in [1.82, 2.24) is 24.5 Å². The third kappa shape index (κ3) is 9.41. The van der Waals surface area contributed by atoms with Crippen LogP contribution in [0.1, 0.15) is 22.4 Å². The maximum atomic E-state index is 13.5. The molecule has 0 atom stereocenters. The number of hydrogen-bond acceptors (Lipinski definition) is 7. The maximum absolute atomic E-state index is 13.5. The fraction of sp³-hybridized carbons (Fsp3) is 0.0769. The number of rotatable bonds is 8. The number of hydrogen-bond donors (Lipinski definition) is 1. The van der Waals surface area contributed by atoms with Gasteiger partial charge in [0.15, 0.2) is 0 Å². The lowest BCUT2D eigenvalue weighted by Crippen LogP contribution is -2.23. The van der Waals surface area contributed by atoms with Crippen molar-refractivity contribution in [1.29, 1.82) is 0 Å². The van der Waals surface area contributed by atoms with Gasteiger partial charge in [0, 0.05) is 57.6 Å². The second-order valence-electron chi connectivity index (χ2n) is 11.8. The zero-order chi connectivity index (χ0) is 37.6. The van der Waals surface area contributed by atoms with Gasteiger partial charge in [-0.3, -0.25) is 9.59 Å². The Kier molecular flexibility index (Phi) is 11.1. The molecule has 0 radical (unpaired) electrons. The summed E-state index contributed by atoms with van der Waals surface area (Å²) < 4.78 is 56.3. The molecule has 0 aliphatic rings. The molecule has 0 amide bonds. The van der Waals surface area contributed by atoms with Crippen molar-refractivity contribution in [2.24, 2.45) is 5.73 Å². The molecule has 3 aromatic heterocycles. The monoisotopic (exact) mass is 752 g/mol. The summed E-state index contributed by atoms with van der Waals surface area (Å²) in [5.41, 5.74) is 10.4. The zero-order valence-electron chi connectivity index (χ0n) is 27.8. The van der Waals surface area contributed by atoms with Crippen LogP contribution in [0.2, 0.25) is 0 Å². The molecular formula is C39H28F4N6O2S2. The molecule has 53 heavy (non-hydrogen) atoms. The Balaban J connectivity index is 0.000000183. The standard InChI is InChI=1S/C21H15F2N3OS.C18H13F2N3OS/c1-13-12-28-21(24-13)15-4-2-3-14(7-15)11-26-20(27)6-5-19(25-26)16-8-17(22)10-18(23)9-16;19-14-7-13(8-15(20)9-14)16-4-5-17(24)23(22-16)10-11-2-1-3-12(6-11)18(21)25/h2-10,12H,11H2,1H3;1-9H,10H2,(H2,21,25). The highest BCUT2D eigenvalue weighted by Gasteiger charge is 2.11. The van der Waals surface area contributed by atoms with Crippen molar-refractivity contribution in [2.75, 3.05) is 0 Å². The average molecular weight is 753 g/mol. The first-order valence-corrected chi connectivity index (χ1v) is 17.2. The van der Waals surface area contributed by atoms with Crippen molar-refractivity contribution < 1.29 is 17.6 Å². The maximum Gasteiger partial charge on any atom is 0.267 e. The lowest BCUT2D eigenvalue weighted by atomic mass is 10.1. The van der Waals surface area contributed by atoms with Crippen LogP contribution in [0.15, 0.2) is 124 Å². The van der Waals surface area contributed by atoms with E-state index in [-0.39, 0.29) is 40.3 Å². The summed E-state index contributed by atoms with van der Waals surface area (Å²) in [5.74, 6) is -2.81. The fourth-order valence-corrected chi connectivity index (χ4v) is 6.22. The number of halogens is 4. The van der Waals surface area contributed by atoms with E-state index in [1.165, 1.54) is 45.8 Å². The van der Waals surface area contributed by atoms with E-state index in [1.807, 2.05) is 42.6 Å². The van der Waals surface area contributed by atoms with Crippen LogP contribution in [-0.4, -0.2) is 29.5 Å². The lowest BCUT2D eigenvalue weighted by Gasteiger charge is -2.09. The fourth-order valence-electron chi connectivity index (χ4n) is 5.29. The van der Waals surface area contributed by atoms with Crippen LogP contribution >= 0.6 is 23.6 Å². The summed E-state index contributed by atoms with van der Waals surface area (Å²) in [7, 11) is 0. The van der Waals surface area contributed by atoms with Gasteiger partial charge in [0.2, 0.25) is 0 Å². The highest BCUT2D eigenvalue weighted by molar-refractivity contribution is 7.80. The Hall–Kier alpha value is -6.12. The number of benzene rings is 4. The third-order valence-electron chi connectivity index (χ3n) is 7.72. The summed E-state index contributed by atoms with van der Waals surface area (Å²) in [6.07, 6.45) is 0. The van der Waals surface area contributed by atoms with Gasteiger partial charge in [-0.25, -0.2) is 31.9 Å². The first-order chi connectivity index (χ1) is 25.4. The molecule has 0 unspecified atom stereocenters. The zero-order valence-corrected chi connectivity index (χ0v) is 29.5. The SMILES string of the molecule is Cc1csc(-c2cccc(Cn3nc(-c4cc(F)cc(F)c4)ccc3=O)c2)n1.NC(=S)c1cccc(Cn2nc(-c3cc(F)cc(F)c3)ccc2=O)c1. The minimum Gasteiger partial charge on any atom is -0.389 e. The molecule has 3 heterocycles. The van der Waals surface area contributed by atoms with E-state index in [1.54, 1.807) is 29.5 Å². The first kappa shape index (κ1) is 36.7. The minimum absolute atomic E-state index is 0.181. The minimum atomic E-state index is -0.710. The molecule has 0 spiro atoms. The molecule has 0 aliphatic carbocycles. The summed E-state index contributed by atoms with van der Waals surface area (Å²) >= 11 is 6.50. The van der Waals surface area contributed by atoms with Crippen LogP contribution < -0.4 is 16.9 Å². The third-order valence-corrected chi connectivity index (χ3v) is 8.96. The number of aryl methyl sites for hydroxylation is 1. The molecule has 0 saturated carbocycles. The molecule has 7 aromatic rings. The van der Waals surface area contributed by atoms with Crippen LogP contribution in [-0.2, 0) is 13.1 Å². The molecule has 0 aliphatic heterocycles. The van der Waals surface area contributed by atoms with E-state index in [9.17, 15) is 27.2 Å². The largest absolute Gasteiger partial charge is 0.389 e. The first-order valence-electron chi connectivity index (χ1n) is 15.9. The number of thiocarbonyl (C=S) groups is 1. The van der Waals surface area contributed by atoms with E-state index in [0.717, 1.165) is 51.7 Å². The topological polar surface area (TPSA) is 109 Å². The number of nitrogens with two attached hydrogens (primary N) is 1. The van der Waals surface area contributed by atoms with Crippen molar-refractivity contribution in [3.8, 4) is 33.1 Å². The summed E-state index contributed by atoms with van der Waals surface area (Å²) in [4.78, 5) is 29.0. The summed E-state index contributed by atoms with van der Waals surface area (Å²) in [6.45, 7) is 2.36. The predicted molar refractivity (Wildman–Crippen MR) is 201 cm³/mol. The Morgan fingerprint density at radius 1 is 0.660 bits per heavy atom. The van der Waals surface area contributed by atoms with Gasteiger partial charge in [0.25, 0.3) is 11.1 Å². The molecule has 0 bridgehead atoms.